The summed E-state index contributed by atoms with van der Waals surface area (Å²) in [7, 11) is 6.18. The molecule has 0 saturated heterocycles. The topological polar surface area (TPSA) is 35.5 Å². The zero-order valence-electron chi connectivity index (χ0n) is 14.0. The summed E-state index contributed by atoms with van der Waals surface area (Å²) < 4.78 is 11.8. The maximum atomic E-state index is 12.1. The van der Waals surface area contributed by atoms with Crippen molar-refractivity contribution in [1.82, 2.24) is 0 Å². The molecular formula is C19H24NO3+. The smallest absolute Gasteiger partial charge is 0.338 e. The summed E-state index contributed by atoms with van der Waals surface area (Å²) in [6.45, 7) is 1.65. The Kier molecular flexibility index (Phi) is 5.77. The van der Waals surface area contributed by atoms with E-state index in [4.69, 9.17) is 9.47 Å². The van der Waals surface area contributed by atoms with Crippen LogP contribution in [0.2, 0.25) is 0 Å². The fraction of sp³-hybridized carbons (Fsp3) is 0.316. The molecule has 0 spiro atoms. The highest BCUT2D eigenvalue weighted by Gasteiger charge is 2.12. The molecule has 2 rings (SSSR count). The number of quaternary nitrogens is 1. The van der Waals surface area contributed by atoms with Gasteiger partial charge in [0.05, 0.1) is 26.7 Å². The summed E-state index contributed by atoms with van der Waals surface area (Å²) in [4.78, 5) is 12.1. The minimum absolute atomic E-state index is 0.316. The maximum absolute atomic E-state index is 12.1. The second kappa shape index (κ2) is 7.79. The molecule has 0 N–H and O–H groups in total. The van der Waals surface area contributed by atoms with Gasteiger partial charge in [-0.15, -0.1) is 0 Å². The zero-order valence-corrected chi connectivity index (χ0v) is 14.0. The molecule has 0 saturated carbocycles. The van der Waals surface area contributed by atoms with Gasteiger partial charge in [0.1, 0.15) is 25.5 Å². The molecule has 0 heterocycles. The van der Waals surface area contributed by atoms with Gasteiger partial charge in [-0.1, -0.05) is 36.4 Å². The number of hydrogen-bond acceptors (Lipinski definition) is 3. The Hall–Kier alpha value is -2.33. The quantitative estimate of drug-likeness (QED) is 0.582. The van der Waals surface area contributed by atoms with Crippen LogP contribution in [0.5, 0.6) is 5.75 Å². The van der Waals surface area contributed by atoms with Gasteiger partial charge < -0.3 is 14.0 Å². The van der Waals surface area contributed by atoms with E-state index in [1.165, 1.54) is 0 Å². The molecule has 0 radical (unpaired) electrons. The van der Waals surface area contributed by atoms with Gasteiger partial charge >= 0.3 is 5.97 Å². The highest BCUT2D eigenvalue weighted by Crippen LogP contribution is 2.16. The molecule has 2 aromatic rings. The van der Waals surface area contributed by atoms with Gasteiger partial charge in [0.25, 0.3) is 0 Å². The van der Waals surface area contributed by atoms with Crippen LogP contribution in [-0.2, 0) is 11.3 Å². The number of benzene rings is 2. The molecule has 0 amide bonds. The van der Waals surface area contributed by atoms with E-state index >= 15 is 0 Å². The Morgan fingerprint density at radius 3 is 2.43 bits per heavy atom. The molecule has 0 aliphatic carbocycles. The van der Waals surface area contributed by atoms with E-state index in [9.17, 15) is 4.79 Å². The van der Waals surface area contributed by atoms with Crippen molar-refractivity contribution in [3.8, 4) is 5.75 Å². The van der Waals surface area contributed by atoms with E-state index in [1.54, 1.807) is 18.2 Å². The third kappa shape index (κ3) is 6.12. The molecule has 0 aliphatic heterocycles. The summed E-state index contributed by atoms with van der Waals surface area (Å²) in [6.07, 6.45) is 0. The SMILES string of the molecule is C[N+](C)(C)CCOC(=O)c1cccc(OCc2ccccc2)c1. The van der Waals surface area contributed by atoms with Crippen molar-refractivity contribution in [3.05, 3.63) is 65.7 Å². The van der Waals surface area contributed by atoms with E-state index in [1.807, 2.05) is 36.4 Å². The van der Waals surface area contributed by atoms with E-state index in [-0.39, 0.29) is 5.97 Å². The Labute approximate surface area is 137 Å². The van der Waals surface area contributed by atoms with Gasteiger partial charge in [0.2, 0.25) is 0 Å². The molecule has 0 aromatic heterocycles. The van der Waals surface area contributed by atoms with E-state index in [0.29, 0.717) is 24.5 Å². The number of nitrogens with zero attached hydrogens (tertiary/aromatic N) is 1. The minimum atomic E-state index is -0.316. The number of likely N-dealkylation sites (N-methyl/N-ethyl adjacent to an activating group) is 1. The van der Waals surface area contributed by atoms with Crippen LogP contribution in [0, 0.1) is 0 Å². The summed E-state index contributed by atoms with van der Waals surface area (Å²) in [5, 5.41) is 0. The van der Waals surface area contributed by atoms with Crippen molar-refractivity contribution in [3.63, 3.8) is 0 Å². The lowest BCUT2D eigenvalue weighted by Crippen LogP contribution is -2.38. The Balaban J connectivity index is 1.90. The van der Waals surface area contributed by atoms with Crippen molar-refractivity contribution in [2.45, 2.75) is 6.61 Å². The zero-order chi connectivity index (χ0) is 16.7. The Bertz CT molecular complexity index is 633. The molecule has 0 unspecified atom stereocenters. The number of rotatable bonds is 7. The third-order valence-electron chi connectivity index (χ3n) is 3.31. The molecule has 2 aromatic carbocycles. The largest absolute Gasteiger partial charge is 0.489 e. The standard InChI is InChI=1S/C19H24NO3/c1-20(2,3)12-13-22-19(21)17-10-7-11-18(14-17)23-15-16-8-5-4-6-9-16/h4-11,14H,12-13,15H2,1-3H3/q+1. The van der Waals surface area contributed by atoms with Crippen LogP contribution in [0.1, 0.15) is 15.9 Å². The Morgan fingerprint density at radius 1 is 1.00 bits per heavy atom. The minimum Gasteiger partial charge on any atom is -0.489 e. The maximum Gasteiger partial charge on any atom is 0.338 e. The van der Waals surface area contributed by atoms with Gasteiger partial charge in [-0.3, -0.25) is 0 Å². The van der Waals surface area contributed by atoms with Crippen LogP contribution in [0.15, 0.2) is 54.6 Å². The first-order valence-corrected chi connectivity index (χ1v) is 7.68. The molecule has 4 nitrogen and oxygen atoms in total. The monoisotopic (exact) mass is 314 g/mol. The van der Waals surface area contributed by atoms with Crippen molar-refractivity contribution in [2.75, 3.05) is 34.3 Å². The first kappa shape index (κ1) is 17.0. The number of carbonyl (C=O) groups excluding carboxylic acids is 1. The van der Waals surface area contributed by atoms with Gasteiger partial charge in [0, 0.05) is 0 Å². The fourth-order valence-electron chi connectivity index (χ4n) is 1.95. The molecule has 23 heavy (non-hydrogen) atoms. The first-order chi connectivity index (χ1) is 10.9. The molecule has 0 fully saturated rings. The second-order valence-corrected chi connectivity index (χ2v) is 6.45. The summed E-state index contributed by atoms with van der Waals surface area (Å²) in [5.74, 6) is 0.346. The van der Waals surface area contributed by atoms with Crippen LogP contribution < -0.4 is 4.74 Å². The highest BCUT2D eigenvalue weighted by molar-refractivity contribution is 5.89. The lowest BCUT2D eigenvalue weighted by atomic mass is 10.2. The molecular weight excluding hydrogens is 290 g/mol. The van der Waals surface area contributed by atoms with Crippen LogP contribution in [0.3, 0.4) is 0 Å². The van der Waals surface area contributed by atoms with Crippen molar-refractivity contribution >= 4 is 5.97 Å². The normalized spacial score (nSPS) is 11.1. The molecule has 0 bridgehead atoms. The molecule has 122 valence electrons. The predicted octanol–water partition coefficient (Wildman–Crippen LogP) is 3.13. The first-order valence-electron chi connectivity index (χ1n) is 7.68. The predicted molar refractivity (Wildman–Crippen MR) is 90.4 cm³/mol. The summed E-state index contributed by atoms with van der Waals surface area (Å²) in [5.41, 5.74) is 1.60. The fourth-order valence-corrected chi connectivity index (χ4v) is 1.95. The van der Waals surface area contributed by atoms with Crippen LogP contribution >= 0.6 is 0 Å². The summed E-state index contributed by atoms with van der Waals surface area (Å²) >= 11 is 0. The second-order valence-electron chi connectivity index (χ2n) is 6.45. The number of hydrogen-bond donors (Lipinski definition) is 0. The van der Waals surface area contributed by atoms with E-state index in [0.717, 1.165) is 16.6 Å². The van der Waals surface area contributed by atoms with E-state index < -0.39 is 0 Å². The molecule has 0 atom stereocenters. The van der Waals surface area contributed by atoms with Crippen LogP contribution in [0.4, 0.5) is 0 Å². The molecule has 4 heteroatoms. The van der Waals surface area contributed by atoms with E-state index in [2.05, 4.69) is 21.1 Å². The van der Waals surface area contributed by atoms with Gasteiger partial charge in [-0.25, -0.2) is 4.79 Å². The Morgan fingerprint density at radius 2 is 1.74 bits per heavy atom. The van der Waals surface area contributed by atoms with Crippen molar-refractivity contribution < 1.29 is 18.8 Å². The average Bonchev–Trinajstić information content (AvgIpc) is 2.53. The molecule has 0 aliphatic rings. The van der Waals surface area contributed by atoms with Gasteiger partial charge in [0.15, 0.2) is 0 Å². The van der Waals surface area contributed by atoms with Gasteiger partial charge in [-0.2, -0.15) is 0 Å². The van der Waals surface area contributed by atoms with Crippen molar-refractivity contribution in [1.29, 1.82) is 0 Å². The average molecular weight is 314 g/mol. The summed E-state index contributed by atoms with van der Waals surface area (Å²) in [6, 6.07) is 17.0. The number of ether oxygens (including phenoxy) is 2. The van der Waals surface area contributed by atoms with Crippen molar-refractivity contribution in [2.24, 2.45) is 0 Å². The van der Waals surface area contributed by atoms with Crippen LogP contribution in [0.25, 0.3) is 0 Å². The van der Waals surface area contributed by atoms with Gasteiger partial charge in [-0.05, 0) is 23.8 Å². The highest BCUT2D eigenvalue weighted by atomic mass is 16.5. The number of esters is 1. The lowest BCUT2D eigenvalue weighted by Gasteiger charge is -2.23. The van der Waals surface area contributed by atoms with Crippen LogP contribution in [-0.4, -0.2) is 44.7 Å². The third-order valence-corrected chi connectivity index (χ3v) is 3.31. The number of carbonyl (C=O) groups is 1. The lowest BCUT2D eigenvalue weighted by molar-refractivity contribution is -0.870.